The predicted octanol–water partition coefficient (Wildman–Crippen LogP) is 2.71. The van der Waals surface area contributed by atoms with Gasteiger partial charge in [0.15, 0.2) is 0 Å². The van der Waals surface area contributed by atoms with Crippen molar-refractivity contribution < 1.29 is 13.2 Å². The highest BCUT2D eigenvalue weighted by Gasteiger charge is 2.27. The summed E-state index contributed by atoms with van der Waals surface area (Å²) in [5.41, 5.74) is 2.44. The molecule has 0 atom stereocenters. The van der Waals surface area contributed by atoms with Crippen LogP contribution >= 0.6 is 0 Å². The summed E-state index contributed by atoms with van der Waals surface area (Å²) in [6.45, 7) is 3.85. The lowest BCUT2D eigenvalue weighted by atomic mass is 9.92. The molecule has 3 aliphatic rings. The number of benzene rings is 1. The molecule has 30 heavy (non-hydrogen) atoms. The minimum absolute atomic E-state index is 0.147. The van der Waals surface area contributed by atoms with Gasteiger partial charge in [-0.2, -0.15) is 0 Å². The van der Waals surface area contributed by atoms with Crippen LogP contribution in [0.1, 0.15) is 62.5 Å². The van der Waals surface area contributed by atoms with Gasteiger partial charge >= 0.3 is 0 Å². The topological polar surface area (TPSA) is 69.7 Å². The summed E-state index contributed by atoms with van der Waals surface area (Å²) < 4.78 is 27.9. The minimum Gasteiger partial charge on any atom is -0.340 e. The molecule has 2 aliphatic carbocycles. The van der Waals surface area contributed by atoms with E-state index in [9.17, 15) is 13.2 Å². The minimum atomic E-state index is -3.51. The molecule has 1 amide bonds. The van der Waals surface area contributed by atoms with E-state index in [0.29, 0.717) is 24.3 Å². The van der Waals surface area contributed by atoms with E-state index in [-0.39, 0.29) is 5.91 Å². The Kier molecular flexibility index (Phi) is 7.11. The monoisotopic (exact) mass is 433 g/mol. The fourth-order valence-corrected chi connectivity index (χ4v) is 6.29. The molecule has 1 aromatic rings. The number of nitrogens with zero attached hydrogens (tertiary/aromatic N) is 2. The maximum Gasteiger partial charge on any atom is 0.240 e. The average Bonchev–Trinajstić information content (AvgIpc) is 3.31. The van der Waals surface area contributed by atoms with Gasteiger partial charge in [-0.05, 0) is 68.2 Å². The van der Waals surface area contributed by atoms with Crippen molar-refractivity contribution in [2.75, 3.05) is 32.7 Å². The van der Waals surface area contributed by atoms with E-state index in [0.717, 1.165) is 57.0 Å². The van der Waals surface area contributed by atoms with Crippen LogP contribution in [0, 0.1) is 0 Å². The lowest BCUT2D eigenvalue weighted by molar-refractivity contribution is -0.133. The fraction of sp³-hybridized carbons (Fsp3) is 0.696. The molecule has 0 aromatic heterocycles. The average molecular weight is 434 g/mol. The molecule has 0 unspecified atom stereocenters. The van der Waals surface area contributed by atoms with E-state index in [1.54, 1.807) is 6.07 Å². The van der Waals surface area contributed by atoms with Crippen LogP contribution in [0.3, 0.4) is 0 Å². The zero-order valence-electron chi connectivity index (χ0n) is 17.9. The zero-order valence-corrected chi connectivity index (χ0v) is 18.8. The quantitative estimate of drug-likeness (QED) is 0.672. The summed E-state index contributed by atoms with van der Waals surface area (Å²) >= 11 is 0. The normalized spacial score (nSPS) is 21.0. The van der Waals surface area contributed by atoms with Crippen molar-refractivity contribution in [3.8, 4) is 0 Å². The zero-order chi connectivity index (χ0) is 21.0. The maximum atomic E-state index is 12.6. The molecule has 4 rings (SSSR count). The van der Waals surface area contributed by atoms with Crippen LogP contribution in [-0.4, -0.2) is 62.9 Å². The van der Waals surface area contributed by atoms with Crippen LogP contribution in [0.5, 0.6) is 0 Å². The van der Waals surface area contributed by atoms with Crippen LogP contribution < -0.4 is 4.72 Å². The first kappa shape index (κ1) is 21.8. The van der Waals surface area contributed by atoms with E-state index in [1.165, 1.54) is 37.7 Å². The molecular weight excluding hydrogens is 398 g/mol. The van der Waals surface area contributed by atoms with Gasteiger partial charge in [0, 0.05) is 45.2 Å². The van der Waals surface area contributed by atoms with Crippen LogP contribution in [0.2, 0.25) is 0 Å². The highest BCUT2D eigenvalue weighted by Crippen LogP contribution is 2.25. The molecule has 1 saturated heterocycles. The summed E-state index contributed by atoms with van der Waals surface area (Å²) in [6.07, 6.45) is 10.5. The van der Waals surface area contributed by atoms with Gasteiger partial charge in [-0.1, -0.05) is 18.9 Å². The molecule has 7 heteroatoms. The Morgan fingerprint density at radius 1 is 0.967 bits per heavy atom. The Morgan fingerprint density at radius 3 is 2.40 bits per heavy atom. The van der Waals surface area contributed by atoms with E-state index in [1.807, 2.05) is 17.0 Å². The van der Waals surface area contributed by atoms with Crippen molar-refractivity contribution in [1.29, 1.82) is 0 Å². The van der Waals surface area contributed by atoms with Gasteiger partial charge in [0.25, 0.3) is 0 Å². The molecule has 2 fully saturated rings. The third-order valence-electron chi connectivity index (χ3n) is 7.00. The second-order valence-electron chi connectivity index (χ2n) is 8.99. The van der Waals surface area contributed by atoms with Crippen molar-refractivity contribution in [1.82, 2.24) is 14.5 Å². The van der Waals surface area contributed by atoms with Crippen LogP contribution in [0.4, 0.5) is 0 Å². The fourth-order valence-electron chi connectivity index (χ4n) is 5.17. The summed E-state index contributed by atoms with van der Waals surface area (Å²) in [5.74, 6) is 0.147. The van der Waals surface area contributed by atoms with Crippen molar-refractivity contribution >= 4 is 15.9 Å². The first-order valence-corrected chi connectivity index (χ1v) is 13.1. The molecule has 6 nitrogen and oxygen atoms in total. The lowest BCUT2D eigenvalue weighted by Gasteiger charge is -2.38. The van der Waals surface area contributed by atoms with Crippen LogP contribution in [0.15, 0.2) is 23.1 Å². The van der Waals surface area contributed by atoms with E-state index >= 15 is 0 Å². The summed E-state index contributed by atoms with van der Waals surface area (Å²) in [7, 11) is -3.51. The van der Waals surface area contributed by atoms with Gasteiger partial charge in [0.1, 0.15) is 0 Å². The third-order valence-corrected chi connectivity index (χ3v) is 8.46. The van der Waals surface area contributed by atoms with Gasteiger partial charge in [0.2, 0.25) is 15.9 Å². The molecule has 1 heterocycles. The number of carbonyl (C=O) groups excluding carboxylic acids is 1. The van der Waals surface area contributed by atoms with Gasteiger partial charge in [-0.25, -0.2) is 13.1 Å². The molecular formula is C23H35N3O3S. The number of aryl methyl sites for hydroxylation is 2. The number of hydrogen-bond donors (Lipinski definition) is 1. The number of sulfonamides is 1. The highest BCUT2D eigenvalue weighted by molar-refractivity contribution is 7.89. The van der Waals surface area contributed by atoms with Crippen molar-refractivity contribution in [2.45, 2.75) is 75.1 Å². The Labute approximate surface area is 181 Å². The number of carbonyl (C=O) groups is 1. The summed E-state index contributed by atoms with van der Waals surface area (Å²) in [5, 5.41) is 0. The van der Waals surface area contributed by atoms with E-state index in [4.69, 9.17) is 0 Å². The number of hydrogen-bond acceptors (Lipinski definition) is 4. The number of amides is 1. The summed E-state index contributed by atoms with van der Waals surface area (Å²) in [6, 6.07) is 6.21. The molecule has 0 bridgehead atoms. The van der Waals surface area contributed by atoms with Crippen LogP contribution in [0.25, 0.3) is 0 Å². The van der Waals surface area contributed by atoms with Crippen molar-refractivity contribution in [3.05, 3.63) is 29.3 Å². The van der Waals surface area contributed by atoms with Crippen molar-refractivity contribution in [3.63, 3.8) is 0 Å². The molecule has 1 saturated carbocycles. The number of fused-ring (bicyclic) bond motifs is 1. The van der Waals surface area contributed by atoms with E-state index < -0.39 is 10.0 Å². The maximum absolute atomic E-state index is 12.6. The second-order valence-corrected chi connectivity index (χ2v) is 10.8. The number of rotatable bonds is 7. The van der Waals surface area contributed by atoms with Gasteiger partial charge in [-0.15, -0.1) is 0 Å². The molecule has 0 spiro atoms. The third kappa shape index (κ3) is 5.24. The number of nitrogens with one attached hydrogen (secondary N) is 1. The predicted molar refractivity (Wildman–Crippen MR) is 118 cm³/mol. The smallest absolute Gasteiger partial charge is 0.240 e. The molecule has 0 radical (unpaired) electrons. The molecule has 1 aliphatic heterocycles. The first-order chi connectivity index (χ1) is 14.5. The Morgan fingerprint density at radius 2 is 1.67 bits per heavy atom. The van der Waals surface area contributed by atoms with E-state index in [2.05, 4.69) is 9.62 Å². The largest absolute Gasteiger partial charge is 0.340 e. The lowest BCUT2D eigenvalue weighted by Crippen LogP contribution is -2.51. The molecule has 1 aromatic carbocycles. The highest BCUT2D eigenvalue weighted by atomic mass is 32.2. The van der Waals surface area contributed by atoms with Gasteiger partial charge in [-0.3, -0.25) is 9.69 Å². The Bertz CT molecular complexity index is 841. The first-order valence-electron chi connectivity index (χ1n) is 11.7. The molecule has 166 valence electrons. The molecule has 1 N–H and O–H groups in total. The standard InChI is InChI=1S/C23H35N3O3S/c27-23(26-16-14-25(15-17-26)21-8-3-4-9-21)10-5-13-24-30(28,29)22-12-11-19-6-1-2-7-20(19)18-22/h11-12,18,21,24H,1-10,13-17H2. The number of piperazine rings is 1. The SMILES string of the molecule is O=C(CCCNS(=O)(=O)c1ccc2c(c1)CCCC2)N1CCN(C2CCCC2)CC1. The second kappa shape index (κ2) is 9.79. The van der Waals surface area contributed by atoms with Crippen molar-refractivity contribution in [2.24, 2.45) is 0 Å². The van der Waals surface area contributed by atoms with Crippen LogP contribution in [-0.2, 0) is 27.7 Å². The Hall–Kier alpha value is -1.44. The van der Waals surface area contributed by atoms with Gasteiger partial charge in [0.05, 0.1) is 4.90 Å². The van der Waals surface area contributed by atoms with Gasteiger partial charge < -0.3 is 4.90 Å². The summed E-state index contributed by atoms with van der Waals surface area (Å²) in [4.78, 5) is 17.3. The Balaban J connectivity index is 1.19.